The van der Waals surface area contributed by atoms with Gasteiger partial charge in [-0.15, -0.1) is 0 Å². The summed E-state index contributed by atoms with van der Waals surface area (Å²) in [6.07, 6.45) is 0. The summed E-state index contributed by atoms with van der Waals surface area (Å²) >= 11 is 0. The van der Waals surface area contributed by atoms with Crippen molar-refractivity contribution in [1.82, 2.24) is 0 Å². The van der Waals surface area contributed by atoms with Crippen LogP contribution in [-0.2, 0) is 0 Å². The molecule has 0 nitrogen and oxygen atoms in total. The van der Waals surface area contributed by atoms with E-state index in [4.69, 9.17) is 0 Å². The van der Waals surface area contributed by atoms with Gasteiger partial charge in [0.15, 0.2) is 0 Å². The second-order valence-electron chi connectivity index (χ2n) is 10.5. The fraction of sp³-hybridized carbons (Fsp3) is 0.0476. The molecule has 0 saturated carbocycles. The number of fused-ring (bicyclic) bond motifs is 6. The van der Waals surface area contributed by atoms with Gasteiger partial charge >= 0.3 is 0 Å². The van der Waals surface area contributed by atoms with Crippen LogP contribution in [0.1, 0.15) is 13.8 Å². The molecule has 0 aliphatic rings. The Kier molecular flexibility index (Phi) is 6.74. The molecule has 0 N–H and O–H groups in total. The van der Waals surface area contributed by atoms with Crippen molar-refractivity contribution in [3.05, 3.63) is 158 Å². The zero-order chi connectivity index (χ0) is 28.5. The van der Waals surface area contributed by atoms with Gasteiger partial charge in [0.1, 0.15) is 0 Å². The molecule has 200 valence electrons. The van der Waals surface area contributed by atoms with Crippen molar-refractivity contribution in [3.63, 3.8) is 0 Å². The Morgan fingerprint density at radius 3 is 1.48 bits per heavy atom. The summed E-state index contributed by atoms with van der Waals surface area (Å²) in [5.41, 5.74) is 7.49. The van der Waals surface area contributed by atoms with Crippen molar-refractivity contribution in [2.45, 2.75) is 13.8 Å². The third-order valence-corrected chi connectivity index (χ3v) is 8.20. The largest absolute Gasteiger partial charge is 0.0683 e. The fourth-order valence-corrected chi connectivity index (χ4v) is 6.31. The lowest BCUT2D eigenvalue weighted by Crippen LogP contribution is -1.89. The van der Waals surface area contributed by atoms with Crippen LogP contribution in [-0.4, -0.2) is 0 Å². The first-order valence-corrected chi connectivity index (χ1v) is 14.9. The molecule has 0 saturated heterocycles. The zero-order valence-corrected chi connectivity index (χ0v) is 24.0. The molecule has 0 heteroatoms. The Hall–Kier alpha value is -5.20. The van der Waals surface area contributed by atoms with Crippen LogP contribution in [0, 0.1) is 0 Å². The molecule has 0 amide bonds. The van der Waals surface area contributed by atoms with Crippen LogP contribution < -0.4 is 0 Å². The molecule has 0 heterocycles. The van der Waals surface area contributed by atoms with Crippen LogP contribution in [0.15, 0.2) is 158 Å². The SMILES string of the molecule is CC.c1ccc(-c2cc3cc(-c4cccc(-c5ccc6ccccc6c5)c4)c4ccccc4c3c3ccccc23)cc1. The van der Waals surface area contributed by atoms with Gasteiger partial charge in [0, 0.05) is 0 Å². The van der Waals surface area contributed by atoms with Crippen LogP contribution in [0.25, 0.3) is 76.5 Å². The highest BCUT2D eigenvalue weighted by Gasteiger charge is 2.15. The molecule has 8 rings (SSSR count). The maximum Gasteiger partial charge on any atom is -0.00259 e. The molecule has 0 atom stereocenters. The highest BCUT2D eigenvalue weighted by molar-refractivity contribution is 6.25. The third kappa shape index (κ3) is 4.42. The normalized spacial score (nSPS) is 11.1. The summed E-state index contributed by atoms with van der Waals surface area (Å²) in [4.78, 5) is 0. The zero-order valence-electron chi connectivity index (χ0n) is 24.0. The lowest BCUT2D eigenvalue weighted by molar-refractivity contribution is 1.50. The van der Waals surface area contributed by atoms with E-state index >= 15 is 0 Å². The van der Waals surface area contributed by atoms with Gasteiger partial charge in [-0.05, 0) is 101 Å². The highest BCUT2D eigenvalue weighted by atomic mass is 14.2. The summed E-state index contributed by atoms with van der Waals surface area (Å²) in [7, 11) is 0. The lowest BCUT2D eigenvalue weighted by atomic mass is 9.87. The van der Waals surface area contributed by atoms with E-state index in [1.165, 1.54) is 76.5 Å². The van der Waals surface area contributed by atoms with E-state index < -0.39 is 0 Å². The molecule has 0 fully saturated rings. The Morgan fingerprint density at radius 2 is 0.786 bits per heavy atom. The second kappa shape index (κ2) is 11.0. The molecule has 0 aliphatic carbocycles. The van der Waals surface area contributed by atoms with Crippen molar-refractivity contribution >= 4 is 43.1 Å². The predicted octanol–water partition coefficient (Wildman–Crippen LogP) is 12.3. The lowest BCUT2D eigenvalue weighted by Gasteiger charge is -2.16. The second-order valence-corrected chi connectivity index (χ2v) is 10.5. The summed E-state index contributed by atoms with van der Waals surface area (Å²) in [5.74, 6) is 0. The first-order chi connectivity index (χ1) is 20.8. The molecule has 8 aromatic rings. The molecule has 0 unspecified atom stereocenters. The topological polar surface area (TPSA) is 0 Å². The summed E-state index contributed by atoms with van der Waals surface area (Å²) in [6, 6.07) is 57.6. The minimum atomic E-state index is 1.23. The fourth-order valence-electron chi connectivity index (χ4n) is 6.31. The predicted molar refractivity (Wildman–Crippen MR) is 184 cm³/mol. The molecule has 42 heavy (non-hydrogen) atoms. The van der Waals surface area contributed by atoms with Gasteiger partial charge in [0.2, 0.25) is 0 Å². The van der Waals surface area contributed by atoms with E-state index in [0.717, 1.165) is 0 Å². The van der Waals surface area contributed by atoms with E-state index in [0.29, 0.717) is 0 Å². The van der Waals surface area contributed by atoms with Crippen LogP contribution in [0.5, 0.6) is 0 Å². The van der Waals surface area contributed by atoms with Crippen LogP contribution in [0.4, 0.5) is 0 Å². The Morgan fingerprint density at radius 1 is 0.286 bits per heavy atom. The number of benzene rings is 8. The van der Waals surface area contributed by atoms with Gasteiger partial charge in [0.05, 0.1) is 0 Å². The molecule has 8 aromatic carbocycles. The summed E-state index contributed by atoms with van der Waals surface area (Å²) in [5, 5.41) is 10.3. The minimum absolute atomic E-state index is 1.23. The first-order valence-electron chi connectivity index (χ1n) is 14.9. The van der Waals surface area contributed by atoms with Gasteiger partial charge in [-0.25, -0.2) is 0 Å². The minimum Gasteiger partial charge on any atom is -0.0683 e. The molecule has 0 radical (unpaired) electrons. The number of rotatable bonds is 3. The number of hydrogen-bond donors (Lipinski definition) is 0. The van der Waals surface area contributed by atoms with E-state index in [-0.39, 0.29) is 0 Å². The maximum absolute atomic E-state index is 2.40. The van der Waals surface area contributed by atoms with Gasteiger partial charge in [-0.1, -0.05) is 147 Å². The van der Waals surface area contributed by atoms with E-state index in [2.05, 4.69) is 158 Å². The van der Waals surface area contributed by atoms with Crippen LogP contribution in [0.3, 0.4) is 0 Å². The maximum atomic E-state index is 2.40. The van der Waals surface area contributed by atoms with Gasteiger partial charge in [0.25, 0.3) is 0 Å². The molecular formula is C42H32. The third-order valence-electron chi connectivity index (χ3n) is 8.20. The smallest absolute Gasteiger partial charge is 0.00259 e. The molecule has 0 aromatic heterocycles. The number of hydrogen-bond acceptors (Lipinski definition) is 0. The van der Waals surface area contributed by atoms with Crippen LogP contribution in [0.2, 0.25) is 0 Å². The molecule has 0 spiro atoms. The average Bonchev–Trinajstić information content (AvgIpc) is 3.08. The van der Waals surface area contributed by atoms with E-state index in [9.17, 15) is 0 Å². The molecule has 0 aliphatic heterocycles. The monoisotopic (exact) mass is 536 g/mol. The van der Waals surface area contributed by atoms with Gasteiger partial charge in [-0.2, -0.15) is 0 Å². The Labute approximate surface area is 247 Å². The van der Waals surface area contributed by atoms with E-state index in [1.54, 1.807) is 0 Å². The highest BCUT2D eigenvalue weighted by Crippen LogP contribution is 2.42. The Bertz CT molecular complexity index is 2200. The van der Waals surface area contributed by atoms with Crippen molar-refractivity contribution in [2.75, 3.05) is 0 Å². The molecular weight excluding hydrogens is 504 g/mol. The standard InChI is InChI=1S/C40H26.C2H6/c1-2-12-28(13-3-1)38-25-33-26-39(35-18-7-9-20-37(35)40(33)36-19-8-6-17-34(36)38)32-16-10-15-30(24-32)31-22-21-27-11-4-5-14-29(27)23-31;1-2/h1-26H;1-2H3. The Balaban J connectivity index is 0.00000141. The van der Waals surface area contributed by atoms with Crippen molar-refractivity contribution in [3.8, 4) is 33.4 Å². The van der Waals surface area contributed by atoms with Gasteiger partial charge < -0.3 is 0 Å². The quantitative estimate of drug-likeness (QED) is 0.197. The average molecular weight is 537 g/mol. The first kappa shape index (κ1) is 25.7. The van der Waals surface area contributed by atoms with Crippen molar-refractivity contribution in [2.24, 2.45) is 0 Å². The van der Waals surface area contributed by atoms with Crippen molar-refractivity contribution < 1.29 is 0 Å². The van der Waals surface area contributed by atoms with Crippen molar-refractivity contribution in [1.29, 1.82) is 0 Å². The van der Waals surface area contributed by atoms with Crippen LogP contribution >= 0.6 is 0 Å². The summed E-state index contributed by atoms with van der Waals surface area (Å²) in [6.45, 7) is 4.00. The van der Waals surface area contributed by atoms with E-state index in [1.807, 2.05) is 13.8 Å². The summed E-state index contributed by atoms with van der Waals surface area (Å²) < 4.78 is 0. The van der Waals surface area contributed by atoms with Gasteiger partial charge in [-0.3, -0.25) is 0 Å². The molecule has 0 bridgehead atoms.